The van der Waals surface area contributed by atoms with E-state index in [4.69, 9.17) is 4.84 Å². The number of nitrogens with zero attached hydrogens (tertiary/aromatic N) is 1. The molecule has 0 aromatic heterocycles. The van der Waals surface area contributed by atoms with E-state index in [9.17, 15) is 14.7 Å². The van der Waals surface area contributed by atoms with Crippen LogP contribution in [0.15, 0.2) is 24.3 Å². The van der Waals surface area contributed by atoms with Crippen LogP contribution >= 0.6 is 0 Å². The number of carboxylic acids is 1. The molecule has 0 unspecified atom stereocenters. The smallest absolute Gasteiger partial charge is 0.335 e. The van der Waals surface area contributed by atoms with E-state index in [0.717, 1.165) is 5.56 Å². The van der Waals surface area contributed by atoms with Crippen molar-refractivity contribution >= 4 is 11.9 Å². The third-order valence-corrected chi connectivity index (χ3v) is 5.01. The summed E-state index contributed by atoms with van der Waals surface area (Å²) in [4.78, 5) is 29.9. The van der Waals surface area contributed by atoms with Crippen molar-refractivity contribution in [3.05, 3.63) is 35.4 Å². The molecule has 0 aliphatic carbocycles. The molecule has 1 N–H and O–H groups in total. The van der Waals surface area contributed by atoms with Gasteiger partial charge >= 0.3 is 11.9 Å². The second kappa shape index (κ2) is 6.69. The van der Waals surface area contributed by atoms with Gasteiger partial charge in [0, 0.05) is 0 Å². The Morgan fingerprint density at radius 3 is 2.04 bits per heavy atom. The zero-order chi connectivity index (χ0) is 19.9. The molecule has 1 aliphatic heterocycles. The SMILES string of the molecule is CC(C)(C)C(=O)ON1C(C)(C)CC(c2ccccc2C(=O)O)CC1(C)C. The molecular formula is C21H31NO4. The maximum Gasteiger partial charge on any atom is 0.335 e. The van der Waals surface area contributed by atoms with Gasteiger partial charge in [0.2, 0.25) is 0 Å². The topological polar surface area (TPSA) is 66.8 Å². The van der Waals surface area contributed by atoms with Crippen LogP contribution in [0, 0.1) is 5.41 Å². The fourth-order valence-corrected chi connectivity index (χ4v) is 4.00. The number of aromatic carboxylic acids is 1. The molecule has 5 heteroatoms. The summed E-state index contributed by atoms with van der Waals surface area (Å²) in [6.45, 7) is 13.7. The lowest BCUT2D eigenvalue weighted by atomic mass is 9.72. The van der Waals surface area contributed by atoms with Crippen molar-refractivity contribution in [3.63, 3.8) is 0 Å². The van der Waals surface area contributed by atoms with Crippen molar-refractivity contribution in [2.75, 3.05) is 0 Å². The molecule has 1 fully saturated rings. The third kappa shape index (κ3) is 4.09. The zero-order valence-electron chi connectivity index (χ0n) is 16.9. The van der Waals surface area contributed by atoms with E-state index in [1.807, 2.05) is 65.7 Å². The molecule has 5 nitrogen and oxygen atoms in total. The van der Waals surface area contributed by atoms with E-state index in [2.05, 4.69) is 0 Å². The van der Waals surface area contributed by atoms with Crippen molar-refractivity contribution in [1.82, 2.24) is 5.06 Å². The number of carbonyl (C=O) groups is 2. The number of rotatable bonds is 3. The lowest BCUT2D eigenvalue weighted by Crippen LogP contribution is -2.61. The lowest BCUT2D eigenvalue weighted by Gasteiger charge is -2.53. The Kier molecular flexibility index (Phi) is 5.26. The maximum absolute atomic E-state index is 12.5. The molecule has 2 rings (SSSR count). The summed E-state index contributed by atoms with van der Waals surface area (Å²) in [6, 6.07) is 7.19. The Balaban J connectivity index is 2.36. The Hall–Kier alpha value is -1.88. The average Bonchev–Trinajstić information content (AvgIpc) is 2.48. The van der Waals surface area contributed by atoms with Crippen LogP contribution in [-0.2, 0) is 9.63 Å². The molecular weight excluding hydrogens is 330 g/mol. The first-order valence-corrected chi connectivity index (χ1v) is 9.11. The monoisotopic (exact) mass is 361 g/mol. The summed E-state index contributed by atoms with van der Waals surface area (Å²) >= 11 is 0. The highest BCUT2D eigenvalue weighted by molar-refractivity contribution is 5.89. The van der Waals surface area contributed by atoms with Crippen LogP contribution in [0.4, 0.5) is 0 Å². The Labute approximate surface area is 156 Å². The van der Waals surface area contributed by atoms with Gasteiger partial charge in [-0.15, -0.1) is 5.06 Å². The van der Waals surface area contributed by atoms with E-state index in [0.29, 0.717) is 18.4 Å². The van der Waals surface area contributed by atoms with Gasteiger partial charge in [0.15, 0.2) is 0 Å². The van der Waals surface area contributed by atoms with Gasteiger partial charge in [-0.3, -0.25) is 0 Å². The minimum Gasteiger partial charge on any atom is -0.478 e. The fourth-order valence-electron chi connectivity index (χ4n) is 4.00. The minimum absolute atomic E-state index is 0.0805. The molecule has 1 saturated heterocycles. The number of carbonyl (C=O) groups excluding carboxylic acids is 1. The Morgan fingerprint density at radius 2 is 1.58 bits per heavy atom. The first-order valence-electron chi connectivity index (χ1n) is 9.11. The molecule has 1 heterocycles. The van der Waals surface area contributed by atoms with Gasteiger partial charge in [0.05, 0.1) is 22.1 Å². The molecule has 144 valence electrons. The summed E-state index contributed by atoms with van der Waals surface area (Å²) in [5, 5.41) is 11.4. The molecule has 1 aliphatic rings. The highest BCUT2D eigenvalue weighted by Crippen LogP contribution is 2.46. The van der Waals surface area contributed by atoms with E-state index in [1.165, 1.54) is 0 Å². The van der Waals surface area contributed by atoms with E-state index < -0.39 is 22.5 Å². The minimum atomic E-state index is -0.905. The van der Waals surface area contributed by atoms with Crippen molar-refractivity contribution in [2.24, 2.45) is 5.41 Å². The first-order chi connectivity index (χ1) is 11.8. The van der Waals surface area contributed by atoms with Gasteiger partial charge in [-0.05, 0) is 78.9 Å². The van der Waals surface area contributed by atoms with Crippen LogP contribution in [0.2, 0.25) is 0 Å². The molecule has 1 aromatic rings. The lowest BCUT2D eigenvalue weighted by molar-refractivity contribution is -0.273. The largest absolute Gasteiger partial charge is 0.478 e. The first kappa shape index (κ1) is 20.4. The summed E-state index contributed by atoms with van der Waals surface area (Å²) in [7, 11) is 0. The van der Waals surface area contributed by atoms with Crippen LogP contribution in [0.25, 0.3) is 0 Å². The zero-order valence-corrected chi connectivity index (χ0v) is 16.9. The van der Waals surface area contributed by atoms with Gasteiger partial charge in [-0.2, -0.15) is 0 Å². The third-order valence-electron chi connectivity index (χ3n) is 5.01. The molecule has 0 atom stereocenters. The van der Waals surface area contributed by atoms with Crippen molar-refractivity contribution < 1.29 is 19.5 Å². The summed E-state index contributed by atoms with van der Waals surface area (Å²) in [5.41, 5.74) is -0.219. The van der Waals surface area contributed by atoms with Gasteiger partial charge in [0.25, 0.3) is 0 Å². The highest BCUT2D eigenvalue weighted by atomic mass is 16.7. The second-order valence-electron chi connectivity index (χ2n) is 9.55. The van der Waals surface area contributed by atoms with Crippen LogP contribution in [0.3, 0.4) is 0 Å². The molecule has 0 saturated carbocycles. The summed E-state index contributed by atoms with van der Waals surface area (Å²) in [6.07, 6.45) is 1.41. The maximum atomic E-state index is 12.5. The average molecular weight is 361 g/mol. The van der Waals surface area contributed by atoms with E-state index in [1.54, 1.807) is 12.1 Å². The number of carboxylic acid groups (broad SMARTS) is 1. The van der Waals surface area contributed by atoms with Crippen LogP contribution in [-0.4, -0.2) is 33.2 Å². The summed E-state index contributed by atoms with van der Waals surface area (Å²) < 4.78 is 0. The van der Waals surface area contributed by atoms with Gasteiger partial charge in [-0.25, -0.2) is 9.59 Å². The second-order valence-corrected chi connectivity index (χ2v) is 9.55. The van der Waals surface area contributed by atoms with Gasteiger partial charge in [0.1, 0.15) is 0 Å². The number of piperidine rings is 1. The van der Waals surface area contributed by atoms with Crippen molar-refractivity contribution in [2.45, 2.75) is 78.3 Å². The van der Waals surface area contributed by atoms with Gasteiger partial charge < -0.3 is 9.94 Å². The molecule has 26 heavy (non-hydrogen) atoms. The normalized spacial score (nSPS) is 20.6. The van der Waals surface area contributed by atoms with Gasteiger partial charge in [-0.1, -0.05) is 18.2 Å². The predicted octanol–water partition coefficient (Wildman–Crippen LogP) is 4.63. The number of hydrogen-bond acceptors (Lipinski definition) is 4. The standard InChI is InChI=1S/C21H31NO4/c1-19(2,3)18(25)26-22-20(4,5)12-14(13-21(22,6)7)15-10-8-9-11-16(15)17(23)24/h8-11,14H,12-13H2,1-7H3,(H,23,24). The van der Waals surface area contributed by atoms with E-state index in [-0.39, 0.29) is 11.9 Å². The quantitative estimate of drug-likeness (QED) is 0.850. The van der Waals surface area contributed by atoms with Crippen molar-refractivity contribution in [1.29, 1.82) is 0 Å². The molecule has 0 radical (unpaired) electrons. The fraction of sp³-hybridized carbons (Fsp3) is 0.619. The Morgan fingerprint density at radius 1 is 1.08 bits per heavy atom. The molecule has 1 aromatic carbocycles. The number of hydroxylamine groups is 2. The summed E-state index contributed by atoms with van der Waals surface area (Å²) in [5.74, 6) is -1.09. The Bertz CT molecular complexity index is 682. The van der Waals surface area contributed by atoms with Crippen LogP contribution in [0.5, 0.6) is 0 Å². The predicted molar refractivity (Wildman–Crippen MR) is 101 cm³/mol. The van der Waals surface area contributed by atoms with E-state index >= 15 is 0 Å². The number of benzene rings is 1. The number of hydrogen-bond donors (Lipinski definition) is 1. The molecule has 0 bridgehead atoms. The molecule has 0 amide bonds. The highest BCUT2D eigenvalue weighted by Gasteiger charge is 2.49. The van der Waals surface area contributed by atoms with Crippen LogP contribution < -0.4 is 0 Å². The van der Waals surface area contributed by atoms with Crippen molar-refractivity contribution in [3.8, 4) is 0 Å². The van der Waals surface area contributed by atoms with Crippen LogP contribution in [0.1, 0.15) is 83.1 Å². The molecule has 0 spiro atoms.